The zero-order valence-corrected chi connectivity index (χ0v) is 20.8. The number of benzene rings is 2. The zero-order chi connectivity index (χ0) is 23.3. The summed E-state index contributed by atoms with van der Waals surface area (Å²) >= 11 is 0. The number of rotatable bonds is 8. The van der Waals surface area contributed by atoms with Gasteiger partial charge in [-0.3, -0.25) is 4.99 Å². The van der Waals surface area contributed by atoms with Crippen LogP contribution in [-0.4, -0.2) is 11.3 Å². The maximum atomic E-state index is 10.8. The molecule has 1 N–H and O–H groups in total. The predicted molar refractivity (Wildman–Crippen MR) is 139 cm³/mol. The molecule has 0 radical (unpaired) electrons. The number of hydrogen-bond donors (Lipinski definition) is 1. The first-order chi connectivity index (χ1) is 15.4. The highest BCUT2D eigenvalue weighted by Gasteiger charge is 2.22. The van der Waals surface area contributed by atoms with Crippen molar-refractivity contribution in [2.75, 3.05) is 0 Å². The molecule has 0 bridgehead atoms. The SMILES string of the molecule is CC=N/C(=C\CCC)C(Cc1cc(C)c(C(O)=C2CCC2)c(C)c1)c1cccc(C)c1C. The molecule has 2 aromatic rings. The van der Waals surface area contributed by atoms with Crippen molar-refractivity contribution >= 4 is 12.0 Å². The van der Waals surface area contributed by atoms with Gasteiger partial charge in [-0.1, -0.05) is 49.8 Å². The van der Waals surface area contributed by atoms with Gasteiger partial charge in [-0.15, -0.1) is 0 Å². The summed E-state index contributed by atoms with van der Waals surface area (Å²) in [4.78, 5) is 4.83. The third kappa shape index (κ3) is 5.23. The summed E-state index contributed by atoms with van der Waals surface area (Å²) in [5.41, 5.74) is 11.0. The Labute approximate surface area is 194 Å². The van der Waals surface area contributed by atoms with E-state index in [-0.39, 0.29) is 5.92 Å². The molecule has 0 amide bonds. The fourth-order valence-electron chi connectivity index (χ4n) is 4.80. The van der Waals surface area contributed by atoms with Gasteiger partial charge in [-0.25, -0.2) is 0 Å². The van der Waals surface area contributed by atoms with E-state index in [9.17, 15) is 5.11 Å². The molecule has 1 unspecified atom stereocenters. The summed E-state index contributed by atoms with van der Waals surface area (Å²) in [6.45, 7) is 12.9. The molecule has 32 heavy (non-hydrogen) atoms. The molecular weight excluding hydrogens is 390 g/mol. The number of aliphatic hydroxyl groups is 1. The standard InChI is InChI=1S/C30H39NO/c1-7-9-16-28(31-8-2)27(26-15-10-12-20(3)23(26)6)19-24-17-21(4)29(22(5)18-24)30(32)25-13-11-14-25/h8,10,12,15-18,27,32H,7,9,11,13-14,19H2,1-6H3/b28-16-,31-8?. The molecule has 1 fully saturated rings. The highest BCUT2D eigenvalue weighted by atomic mass is 16.3. The summed E-state index contributed by atoms with van der Waals surface area (Å²) in [6, 6.07) is 11.2. The van der Waals surface area contributed by atoms with Crippen LogP contribution in [0.2, 0.25) is 0 Å². The molecule has 1 saturated carbocycles. The van der Waals surface area contributed by atoms with E-state index in [2.05, 4.69) is 71.0 Å². The number of hydrogen-bond acceptors (Lipinski definition) is 2. The van der Waals surface area contributed by atoms with Gasteiger partial charge in [0.05, 0.1) is 0 Å². The van der Waals surface area contributed by atoms with Crippen LogP contribution in [0, 0.1) is 27.7 Å². The number of aliphatic hydroxyl groups excluding tert-OH is 1. The monoisotopic (exact) mass is 429 g/mol. The van der Waals surface area contributed by atoms with E-state index in [1.807, 2.05) is 13.1 Å². The van der Waals surface area contributed by atoms with Crippen LogP contribution in [0.1, 0.15) is 90.8 Å². The van der Waals surface area contributed by atoms with Crippen molar-refractivity contribution < 1.29 is 5.11 Å². The summed E-state index contributed by atoms with van der Waals surface area (Å²) in [7, 11) is 0. The van der Waals surface area contributed by atoms with E-state index in [4.69, 9.17) is 4.99 Å². The van der Waals surface area contributed by atoms with Crippen LogP contribution in [0.25, 0.3) is 5.76 Å². The van der Waals surface area contributed by atoms with Crippen LogP contribution < -0.4 is 0 Å². The van der Waals surface area contributed by atoms with Crippen molar-refractivity contribution in [3.63, 3.8) is 0 Å². The highest BCUT2D eigenvalue weighted by Crippen LogP contribution is 2.37. The molecule has 170 valence electrons. The first-order valence-electron chi connectivity index (χ1n) is 12.1. The number of aryl methyl sites for hydroxylation is 3. The molecule has 1 aliphatic carbocycles. The first kappa shape index (κ1) is 24.0. The van der Waals surface area contributed by atoms with Crippen molar-refractivity contribution in [3.8, 4) is 0 Å². The van der Waals surface area contributed by atoms with Gasteiger partial charge in [0.25, 0.3) is 0 Å². The maximum Gasteiger partial charge on any atom is 0.122 e. The molecule has 1 aliphatic rings. The van der Waals surface area contributed by atoms with Crippen LogP contribution in [0.15, 0.2) is 52.7 Å². The van der Waals surface area contributed by atoms with Gasteiger partial charge >= 0.3 is 0 Å². The Kier molecular flexibility index (Phi) is 8.12. The van der Waals surface area contributed by atoms with E-state index in [0.717, 1.165) is 54.5 Å². The van der Waals surface area contributed by atoms with E-state index < -0.39 is 0 Å². The van der Waals surface area contributed by atoms with E-state index in [0.29, 0.717) is 5.76 Å². The van der Waals surface area contributed by atoms with Crippen LogP contribution in [-0.2, 0) is 6.42 Å². The Morgan fingerprint density at radius 2 is 1.75 bits per heavy atom. The van der Waals surface area contributed by atoms with Gasteiger partial charge in [-0.05, 0) is 106 Å². The maximum absolute atomic E-state index is 10.8. The third-order valence-corrected chi connectivity index (χ3v) is 6.86. The number of unbranched alkanes of at least 4 members (excludes halogenated alkanes) is 1. The summed E-state index contributed by atoms with van der Waals surface area (Å²) < 4.78 is 0. The zero-order valence-electron chi connectivity index (χ0n) is 20.8. The second-order valence-corrected chi connectivity index (χ2v) is 9.26. The number of allylic oxidation sites excluding steroid dienone is 3. The second kappa shape index (κ2) is 10.8. The Hall–Kier alpha value is -2.61. The molecule has 0 aliphatic heterocycles. The first-order valence-corrected chi connectivity index (χ1v) is 12.1. The van der Waals surface area contributed by atoms with Gasteiger partial charge in [0.1, 0.15) is 5.76 Å². The summed E-state index contributed by atoms with van der Waals surface area (Å²) in [6.07, 6.45) is 10.5. The predicted octanol–water partition coefficient (Wildman–Crippen LogP) is 8.47. The molecule has 2 heteroatoms. The average Bonchev–Trinajstić information content (AvgIpc) is 2.70. The fourth-order valence-corrected chi connectivity index (χ4v) is 4.80. The van der Waals surface area contributed by atoms with Crippen molar-refractivity contribution in [1.29, 1.82) is 0 Å². The molecule has 2 nitrogen and oxygen atoms in total. The quantitative estimate of drug-likeness (QED) is 0.331. The smallest absolute Gasteiger partial charge is 0.122 e. The Morgan fingerprint density at radius 1 is 1.06 bits per heavy atom. The van der Waals surface area contributed by atoms with Gasteiger partial charge in [0.2, 0.25) is 0 Å². The molecule has 0 aromatic heterocycles. The lowest BCUT2D eigenvalue weighted by Crippen LogP contribution is -2.10. The summed E-state index contributed by atoms with van der Waals surface area (Å²) in [5.74, 6) is 0.726. The van der Waals surface area contributed by atoms with Gasteiger partial charge in [-0.2, -0.15) is 0 Å². The molecule has 1 atom stereocenters. The van der Waals surface area contributed by atoms with E-state index in [1.165, 1.54) is 34.2 Å². The molecule has 0 heterocycles. The second-order valence-electron chi connectivity index (χ2n) is 9.26. The van der Waals surface area contributed by atoms with Crippen molar-refractivity contribution in [3.05, 3.63) is 86.6 Å². The summed E-state index contributed by atoms with van der Waals surface area (Å²) in [5, 5.41) is 10.8. The Morgan fingerprint density at radius 3 is 2.31 bits per heavy atom. The third-order valence-electron chi connectivity index (χ3n) is 6.86. The van der Waals surface area contributed by atoms with Gasteiger partial charge in [0, 0.05) is 23.4 Å². The fraction of sp³-hybridized carbons (Fsp3) is 0.433. The van der Waals surface area contributed by atoms with E-state index >= 15 is 0 Å². The Bertz CT molecular complexity index is 1030. The number of nitrogens with zero attached hydrogens (tertiary/aromatic N) is 1. The lowest BCUT2D eigenvalue weighted by molar-refractivity contribution is 0.485. The minimum Gasteiger partial charge on any atom is -0.507 e. The van der Waals surface area contributed by atoms with E-state index in [1.54, 1.807) is 0 Å². The van der Waals surface area contributed by atoms with Crippen LogP contribution in [0.5, 0.6) is 0 Å². The van der Waals surface area contributed by atoms with Crippen molar-refractivity contribution in [2.24, 2.45) is 4.99 Å². The highest BCUT2D eigenvalue weighted by molar-refractivity contribution is 5.69. The van der Waals surface area contributed by atoms with Crippen LogP contribution in [0.4, 0.5) is 0 Å². The largest absolute Gasteiger partial charge is 0.507 e. The lowest BCUT2D eigenvalue weighted by Gasteiger charge is -2.24. The van der Waals surface area contributed by atoms with Gasteiger partial charge in [0.15, 0.2) is 0 Å². The average molecular weight is 430 g/mol. The van der Waals surface area contributed by atoms with Crippen molar-refractivity contribution in [2.45, 2.75) is 86.0 Å². The van der Waals surface area contributed by atoms with Crippen molar-refractivity contribution in [1.82, 2.24) is 0 Å². The molecule has 0 saturated heterocycles. The van der Waals surface area contributed by atoms with Crippen LogP contribution in [0.3, 0.4) is 0 Å². The minimum absolute atomic E-state index is 0.209. The molecule has 0 spiro atoms. The van der Waals surface area contributed by atoms with Gasteiger partial charge < -0.3 is 5.11 Å². The normalized spacial score (nSPS) is 15.2. The lowest BCUT2D eigenvalue weighted by atomic mass is 9.83. The molecular formula is C30H39NO. The van der Waals surface area contributed by atoms with Crippen LogP contribution >= 0.6 is 0 Å². The molecule has 3 rings (SSSR count). The number of aliphatic imine (C=N–C) groups is 1. The minimum atomic E-state index is 0.209. The Balaban J connectivity index is 2.06. The molecule has 2 aromatic carbocycles. The topological polar surface area (TPSA) is 32.6 Å².